The predicted octanol–water partition coefficient (Wildman–Crippen LogP) is 1.49. The lowest BCUT2D eigenvalue weighted by Crippen LogP contribution is -2.47. The first kappa shape index (κ1) is 12.6. The van der Waals surface area contributed by atoms with Gasteiger partial charge in [0.25, 0.3) is 0 Å². The van der Waals surface area contributed by atoms with Crippen LogP contribution in [0.3, 0.4) is 0 Å². The zero-order chi connectivity index (χ0) is 12.2. The van der Waals surface area contributed by atoms with E-state index in [4.69, 9.17) is 5.26 Å². The molecule has 0 aromatic rings. The molecule has 0 aliphatic carbocycles. The number of hydrogen-bond acceptors (Lipinski definition) is 2. The van der Waals surface area contributed by atoms with Gasteiger partial charge in [-0.3, -0.25) is 0 Å². The van der Waals surface area contributed by atoms with Crippen molar-refractivity contribution in [2.45, 2.75) is 19.0 Å². The number of hydrogen-bond donors (Lipinski definition) is 1. The molecule has 16 heavy (non-hydrogen) atoms. The third-order valence-electron chi connectivity index (χ3n) is 2.33. The molecule has 0 spiro atoms. The van der Waals surface area contributed by atoms with Gasteiger partial charge in [0, 0.05) is 13.1 Å². The lowest BCUT2D eigenvalue weighted by atomic mass is 10.0. The van der Waals surface area contributed by atoms with Gasteiger partial charge in [-0.25, -0.2) is 4.79 Å². The van der Waals surface area contributed by atoms with Crippen molar-refractivity contribution in [1.29, 1.82) is 5.26 Å². The number of nitriles is 1. The number of halogens is 3. The van der Waals surface area contributed by atoms with E-state index < -0.39 is 18.8 Å². The summed E-state index contributed by atoms with van der Waals surface area (Å²) in [6, 6.07) is 1.26. The molecule has 0 bridgehead atoms. The summed E-state index contributed by atoms with van der Waals surface area (Å²) in [5, 5.41) is 10.5. The van der Waals surface area contributed by atoms with Gasteiger partial charge in [0.15, 0.2) is 0 Å². The zero-order valence-electron chi connectivity index (χ0n) is 8.55. The number of amides is 2. The van der Waals surface area contributed by atoms with Gasteiger partial charge in [-0.1, -0.05) is 0 Å². The van der Waals surface area contributed by atoms with Crippen LogP contribution in [0.5, 0.6) is 0 Å². The second kappa shape index (κ2) is 5.05. The monoisotopic (exact) mass is 235 g/mol. The van der Waals surface area contributed by atoms with Crippen LogP contribution in [-0.4, -0.2) is 36.7 Å². The van der Waals surface area contributed by atoms with Crippen molar-refractivity contribution < 1.29 is 18.0 Å². The number of alkyl halides is 3. The van der Waals surface area contributed by atoms with E-state index in [9.17, 15) is 18.0 Å². The van der Waals surface area contributed by atoms with E-state index >= 15 is 0 Å². The van der Waals surface area contributed by atoms with Crippen molar-refractivity contribution >= 4 is 6.03 Å². The molecule has 0 radical (unpaired) electrons. The average molecular weight is 235 g/mol. The fraction of sp³-hybridized carbons (Fsp3) is 0.778. The molecule has 1 atom stereocenters. The maximum absolute atomic E-state index is 11.8. The SMILES string of the molecule is N#CC1CCCN(C(=O)NCC(F)(F)F)C1. The van der Waals surface area contributed by atoms with E-state index in [1.807, 2.05) is 6.07 Å². The Bertz CT molecular complexity index is 297. The quantitative estimate of drug-likeness (QED) is 0.748. The number of carbonyl (C=O) groups excluding carboxylic acids is 1. The molecule has 2 amide bonds. The van der Waals surface area contributed by atoms with Crippen molar-refractivity contribution in [3.63, 3.8) is 0 Å². The highest BCUT2D eigenvalue weighted by Crippen LogP contribution is 2.16. The molecule has 1 heterocycles. The first-order valence-corrected chi connectivity index (χ1v) is 4.91. The summed E-state index contributed by atoms with van der Waals surface area (Å²) in [5.41, 5.74) is 0. The van der Waals surface area contributed by atoms with E-state index in [-0.39, 0.29) is 12.5 Å². The minimum atomic E-state index is -4.40. The Morgan fingerprint density at radius 3 is 2.81 bits per heavy atom. The van der Waals surface area contributed by atoms with Gasteiger partial charge in [-0.15, -0.1) is 0 Å². The lowest BCUT2D eigenvalue weighted by Gasteiger charge is -2.29. The van der Waals surface area contributed by atoms with Gasteiger partial charge in [0.05, 0.1) is 12.0 Å². The highest BCUT2D eigenvalue weighted by molar-refractivity contribution is 5.74. The van der Waals surface area contributed by atoms with Gasteiger partial charge < -0.3 is 10.2 Å². The Balaban J connectivity index is 2.39. The highest BCUT2D eigenvalue weighted by atomic mass is 19.4. The largest absolute Gasteiger partial charge is 0.405 e. The smallest absolute Gasteiger partial charge is 0.329 e. The van der Waals surface area contributed by atoms with Crippen LogP contribution in [0, 0.1) is 17.2 Å². The third kappa shape index (κ3) is 3.96. The van der Waals surface area contributed by atoms with Gasteiger partial charge in [-0.05, 0) is 12.8 Å². The van der Waals surface area contributed by atoms with Crippen molar-refractivity contribution in [3.05, 3.63) is 0 Å². The van der Waals surface area contributed by atoms with E-state index in [1.54, 1.807) is 5.32 Å². The number of piperidine rings is 1. The molecule has 1 saturated heterocycles. The fourth-order valence-electron chi connectivity index (χ4n) is 1.55. The Morgan fingerprint density at radius 1 is 1.56 bits per heavy atom. The van der Waals surface area contributed by atoms with Crippen LogP contribution in [0.1, 0.15) is 12.8 Å². The molecular formula is C9H12F3N3O. The maximum atomic E-state index is 11.8. The van der Waals surface area contributed by atoms with Gasteiger partial charge in [0.2, 0.25) is 0 Å². The fourth-order valence-corrected chi connectivity index (χ4v) is 1.55. The molecule has 1 fully saturated rings. The normalized spacial score (nSPS) is 21.4. The van der Waals surface area contributed by atoms with Gasteiger partial charge in [0.1, 0.15) is 6.54 Å². The summed E-state index contributed by atoms with van der Waals surface area (Å²) >= 11 is 0. The second-order valence-electron chi connectivity index (χ2n) is 3.69. The standard InChI is InChI=1S/C9H12F3N3O/c10-9(11,12)6-14-8(16)15-3-1-2-7(4-13)5-15/h7H,1-3,5-6H2,(H,14,16). The first-order chi connectivity index (χ1) is 7.42. The van der Waals surface area contributed by atoms with Crippen LogP contribution >= 0.6 is 0 Å². The minimum Gasteiger partial charge on any atom is -0.329 e. The molecule has 1 rings (SSSR count). The van der Waals surface area contributed by atoms with Gasteiger partial charge >= 0.3 is 12.2 Å². The van der Waals surface area contributed by atoms with E-state index in [0.29, 0.717) is 19.4 Å². The third-order valence-corrected chi connectivity index (χ3v) is 2.33. The topological polar surface area (TPSA) is 56.1 Å². The van der Waals surface area contributed by atoms with Crippen LogP contribution in [0.4, 0.5) is 18.0 Å². The van der Waals surface area contributed by atoms with Crippen LogP contribution in [0.2, 0.25) is 0 Å². The molecule has 1 aliphatic heterocycles. The zero-order valence-corrected chi connectivity index (χ0v) is 8.55. The minimum absolute atomic E-state index is 0.209. The van der Waals surface area contributed by atoms with Gasteiger partial charge in [-0.2, -0.15) is 18.4 Å². The Morgan fingerprint density at radius 2 is 2.25 bits per heavy atom. The molecule has 1 N–H and O–H groups in total. The molecule has 1 unspecified atom stereocenters. The van der Waals surface area contributed by atoms with E-state index in [0.717, 1.165) is 0 Å². The predicted molar refractivity (Wildman–Crippen MR) is 49.4 cm³/mol. The molecule has 0 aromatic heterocycles. The Kier molecular flexibility index (Phi) is 3.99. The summed E-state index contributed by atoms with van der Waals surface area (Å²) in [5.74, 6) is -0.273. The molecule has 0 aromatic carbocycles. The number of carbonyl (C=O) groups is 1. The highest BCUT2D eigenvalue weighted by Gasteiger charge is 2.30. The molecule has 0 saturated carbocycles. The number of urea groups is 1. The maximum Gasteiger partial charge on any atom is 0.405 e. The van der Waals surface area contributed by atoms with Crippen LogP contribution in [0.25, 0.3) is 0 Å². The first-order valence-electron chi connectivity index (χ1n) is 4.91. The molecule has 90 valence electrons. The van der Waals surface area contributed by atoms with Crippen molar-refractivity contribution in [2.75, 3.05) is 19.6 Å². The van der Waals surface area contributed by atoms with E-state index in [1.165, 1.54) is 4.90 Å². The molecule has 7 heteroatoms. The number of rotatable bonds is 1. The average Bonchev–Trinajstić information content (AvgIpc) is 2.25. The van der Waals surface area contributed by atoms with Crippen LogP contribution in [-0.2, 0) is 0 Å². The molecular weight excluding hydrogens is 223 g/mol. The summed E-state index contributed by atoms with van der Waals surface area (Å²) in [6.45, 7) is -0.721. The Labute approximate surface area is 91.0 Å². The van der Waals surface area contributed by atoms with Crippen molar-refractivity contribution in [2.24, 2.45) is 5.92 Å². The molecule has 1 aliphatic rings. The van der Waals surface area contributed by atoms with Crippen LogP contribution in [0.15, 0.2) is 0 Å². The summed E-state index contributed by atoms with van der Waals surface area (Å²) < 4.78 is 35.5. The summed E-state index contributed by atoms with van der Waals surface area (Å²) in [6.07, 6.45) is -3.06. The lowest BCUT2D eigenvalue weighted by molar-refractivity contribution is -0.123. The molecule has 4 nitrogen and oxygen atoms in total. The van der Waals surface area contributed by atoms with Crippen molar-refractivity contribution in [1.82, 2.24) is 10.2 Å². The van der Waals surface area contributed by atoms with Crippen molar-refractivity contribution in [3.8, 4) is 6.07 Å². The summed E-state index contributed by atoms with van der Waals surface area (Å²) in [7, 11) is 0. The van der Waals surface area contributed by atoms with E-state index in [2.05, 4.69) is 0 Å². The number of likely N-dealkylation sites (tertiary alicyclic amines) is 1. The second-order valence-corrected chi connectivity index (χ2v) is 3.69. The number of nitrogens with zero attached hydrogens (tertiary/aromatic N) is 2. The van der Waals surface area contributed by atoms with Crippen LogP contribution < -0.4 is 5.32 Å². The number of nitrogens with one attached hydrogen (secondary N) is 1. The Hall–Kier alpha value is -1.45. The summed E-state index contributed by atoms with van der Waals surface area (Å²) in [4.78, 5) is 12.6.